The molecule has 0 saturated heterocycles. The van der Waals surface area contributed by atoms with Crippen LogP contribution in [0.2, 0.25) is 0 Å². The van der Waals surface area contributed by atoms with Crippen LogP contribution >= 0.6 is 0 Å². The Kier molecular flexibility index (Phi) is 6.04. The molecule has 0 aromatic carbocycles. The van der Waals surface area contributed by atoms with E-state index >= 15 is 0 Å². The van der Waals surface area contributed by atoms with Gasteiger partial charge in [-0.15, -0.1) is 0 Å². The monoisotopic (exact) mass is 307 g/mol. The van der Waals surface area contributed by atoms with Crippen molar-refractivity contribution in [1.29, 1.82) is 0 Å². The smallest absolute Gasteiger partial charge is 0.0577 e. The van der Waals surface area contributed by atoms with Crippen LogP contribution in [0.3, 0.4) is 0 Å². The molecule has 0 fully saturated rings. The number of allylic oxidation sites excluding steroid dienone is 10. The Morgan fingerprint density at radius 2 is 1.96 bits per heavy atom. The van der Waals surface area contributed by atoms with Gasteiger partial charge in [-0.05, 0) is 44.4 Å². The number of rotatable bonds is 5. The SMILES string of the molecule is C/C=C\C1=C(/C=C/C(/C=C\C)=C/CC)C2C=C(C)C=CC2N1C. The lowest BCUT2D eigenvalue weighted by Gasteiger charge is -2.26. The molecule has 1 aliphatic heterocycles. The molecular formula is C22H29N. The van der Waals surface area contributed by atoms with E-state index < -0.39 is 0 Å². The molecule has 0 aromatic heterocycles. The number of fused-ring (bicyclic) bond motifs is 1. The van der Waals surface area contributed by atoms with E-state index in [1.165, 1.54) is 22.4 Å². The highest BCUT2D eigenvalue weighted by atomic mass is 15.2. The van der Waals surface area contributed by atoms with Gasteiger partial charge < -0.3 is 4.90 Å². The minimum absolute atomic E-state index is 0.435. The first-order valence-electron chi connectivity index (χ1n) is 8.59. The van der Waals surface area contributed by atoms with Crippen LogP contribution in [0.1, 0.15) is 34.1 Å². The molecule has 0 bridgehead atoms. The first-order chi connectivity index (χ1) is 11.1. The highest BCUT2D eigenvalue weighted by molar-refractivity contribution is 5.49. The van der Waals surface area contributed by atoms with Crippen molar-refractivity contribution in [3.8, 4) is 0 Å². The molecule has 2 rings (SSSR count). The van der Waals surface area contributed by atoms with Gasteiger partial charge in [-0.2, -0.15) is 0 Å². The quantitative estimate of drug-likeness (QED) is 0.586. The zero-order valence-electron chi connectivity index (χ0n) is 15.1. The zero-order chi connectivity index (χ0) is 16.8. The maximum atomic E-state index is 2.40. The molecule has 23 heavy (non-hydrogen) atoms. The van der Waals surface area contributed by atoms with E-state index in [2.05, 4.69) is 100 Å². The molecule has 0 spiro atoms. The molecule has 1 heterocycles. The van der Waals surface area contributed by atoms with Gasteiger partial charge in [-0.25, -0.2) is 0 Å². The van der Waals surface area contributed by atoms with Gasteiger partial charge >= 0.3 is 0 Å². The second-order valence-electron chi connectivity index (χ2n) is 6.18. The number of hydrogen-bond donors (Lipinski definition) is 0. The average molecular weight is 307 g/mol. The van der Waals surface area contributed by atoms with Crippen LogP contribution in [0.15, 0.2) is 83.2 Å². The fourth-order valence-electron chi connectivity index (χ4n) is 3.36. The van der Waals surface area contributed by atoms with Crippen molar-refractivity contribution in [2.24, 2.45) is 5.92 Å². The van der Waals surface area contributed by atoms with E-state index in [-0.39, 0.29) is 0 Å². The first kappa shape index (κ1) is 17.3. The minimum Gasteiger partial charge on any atom is -0.367 e. The molecule has 0 N–H and O–H groups in total. The van der Waals surface area contributed by atoms with E-state index in [9.17, 15) is 0 Å². The molecule has 122 valence electrons. The maximum absolute atomic E-state index is 2.40. The lowest BCUT2D eigenvalue weighted by Crippen LogP contribution is -2.29. The van der Waals surface area contributed by atoms with E-state index in [4.69, 9.17) is 0 Å². The summed E-state index contributed by atoms with van der Waals surface area (Å²) in [5.74, 6) is 0.445. The molecule has 2 unspecified atom stereocenters. The summed E-state index contributed by atoms with van der Waals surface area (Å²) in [6, 6.07) is 0.435. The van der Waals surface area contributed by atoms with Crippen LogP contribution in [-0.4, -0.2) is 18.0 Å². The normalized spacial score (nSPS) is 25.3. The predicted molar refractivity (Wildman–Crippen MR) is 102 cm³/mol. The summed E-state index contributed by atoms with van der Waals surface area (Å²) in [5, 5.41) is 0. The molecule has 2 atom stereocenters. The molecule has 0 radical (unpaired) electrons. The Bertz CT molecular complexity index is 635. The number of nitrogens with zero attached hydrogens (tertiary/aromatic N) is 1. The van der Waals surface area contributed by atoms with Gasteiger partial charge in [0.2, 0.25) is 0 Å². The molecule has 0 amide bonds. The van der Waals surface area contributed by atoms with E-state index in [1.807, 2.05) is 0 Å². The molecule has 1 aliphatic carbocycles. The second-order valence-corrected chi connectivity index (χ2v) is 6.18. The van der Waals surface area contributed by atoms with E-state index in [1.54, 1.807) is 0 Å². The summed E-state index contributed by atoms with van der Waals surface area (Å²) < 4.78 is 0. The summed E-state index contributed by atoms with van der Waals surface area (Å²) in [6.07, 6.45) is 23.5. The summed E-state index contributed by atoms with van der Waals surface area (Å²) in [7, 11) is 2.20. The highest BCUT2D eigenvalue weighted by Gasteiger charge is 2.34. The Morgan fingerprint density at radius 1 is 1.17 bits per heavy atom. The molecule has 0 aromatic rings. The fourth-order valence-corrected chi connectivity index (χ4v) is 3.36. The Balaban J connectivity index is 2.42. The van der Waals surface area contributed by atoms with Crippen molar-refractivity contribution >= 4 is 0 Å². The minimum atomic E-state index is 0.435. The summed E-state index contributed by atoms with van der Waals surface area (Å²) in [6.45, 7) is 8.52. The molecule has 1 nitrogen and oxygen atoms in total. The predicted octanol–water partition coefficient (Wildman–Crippen LogP) is 5.73. The largest absolute Gasteiger partial charge is 0.367 e. The zero-order valence-corrected chi connectivity index (χ0v) is 15.1. The summed E-state index contributed by atoms with van der Waals surface area (Å²) in [4.78, 5) is 2.39. The Hall–Kier alpha value is -2.02. The summed E-state index contributed by atoms with van der Waals surface area (Å²) >= 11 is 0. The van der Waals surface area contributed by atoms with Gasteiger partial charge in [-0.1, -0.05) is 67.2 Å². The van der Waals surface area contributed by atoms with Crippen LogP contribution < -0.4 is 0 Å². The third-order valence-electron chi connectivity index (χ3n) is 4.43. The lowest BCUT2D eigenvalue weighted by atomic mass is 9.87. The van der Waals surface area contributed by atoms with Gasteiger partial charge in [0, 0.05) is 18.7 Å². The van der Waals surface area contributed by atoms with Gasteiger partial charge in [0.15, 0.2) is 0 Å². The van der Waals surface area contributed by atoms with Gasteiger partial charge in [0.05, 0.1) is 6.04 Å². The highest BCUT2D eigenvalue weighted by Crippen LogP contribution is 2.39. The third-order valence-corrected chi connectivity index (χ3v) is 4.43. The van der Waals surface area contributed by atoms with Gasteiger partial charge in [-0.3, -0.25) is 0 Å². The lowest BCUT2D eigenvalue weighted by molar-refractivity contribution is 0.363. The molecule has 2 aliphatic rings. The van der Waals surface area contributed by atoms with Crippen LogP contribution in [0.5, 0.6) is 0 Å². The number of hydrogen-bond acceptors (Lipinski definition) is 1. The van der Waals surface area contributed by atoms with Gasteiger partial charge in [0.25, 0.3) is 0 Å². The Morgan fingerprint density at radius 3 is 2.61 bits per heavy atom. The molecular weight excluding hydrogens is 278 g/mol. The first-order valence-corrected chi connectivity index (χ1v) is 8.59. The van der Waals surface area contributed by atoms with Crippen molar-refractivity contribution < 1.29 is 0 Å². The van der Waals surface area contributed by atoms with Crippen molar-refractivity contribution in [3.63, 3.8) is 0 Å². The Labute approximate surface area is 141 Å². The molecule has 1 heteroatoms. The maximum Gasteiger partial charge on any atom is 0.0577 e. The summed E-state index contributed by atoms with van der Waals surface area (Å²) in [5.41, 5.74) is 5.36. The third kappa shape index (κ3) is 3.85. The fraction of sp³-hybridized carbons (Fsp3) is 0.364. The number of likely N-dealkylation sites (N-methyl/N-ethyl adjacent to an activating group) is 1. The van der Waals surface area contributed by atoms with Crippen molar-refractivity contribution in [3.05, 3.63) is 83.2 Å². The topological polar surface area (TPSA) is 3.24 Å². The van der Waals surface area contributed by atoms with Crippen LogP contribution in [0.4, 0.5) is 0 Å². The van der Waals surface area contributed by atoms with Crippen molar-refractivity contribution in [1.82, 2.24) is 4.90 Å². The second kappa shape index (κ2) is 8.01. The van der Waals surface area contributed by atoms with E-state index in [0.29, 0.717) is 12.0 Å². The average Bonchev–Trinajstić information content (AvgIpc) is 2.78. The van der Waals surface area contributed by atoms with E-state index in [0.717, 1.165) is 6.42 Å². The van der Waals surface area contributed by atoms with Crippen LogP contribution in [-0.2, 0) is 0 Å². The van der Waals surface area contributed by atoms with Gasteiger partial charge in [0.1, 0.15) is 0 Å². The van der Waals surface area contributed by atoms with Crippen molar-refractivity contribution in [2.75, 3.05) is 7.05 Å². The molecule has 0 saturated carbocycles. The van der Waals surface area contributed by atoms with Crippen LogP contribution in [0.25, 0.3) is 0 Å². The van der Waals surface area contributed by atoms with Crippen molar-refractivity contribution in [2.45, 2.75) is 40.2 Å². The van der Waals surface area contributed by atoms with Crippen LogP contribution in [0, 0.1) is 5.92 Å². The standard InChI is InChI=1S/C22H29N/c1-6-9-18(10-7-2)13-14-19-20-16-17(4)12-15-22(20)23(5)21(19)11-8-3/h6,8-16,20,22H,7H2,1-5H3/b9-6-,11-8-,14-13+,18-10+.